The molecular weight excluding hydrogens is 402 g/mol. The second-order valence-electron chi connectivity index (χ2n) is 6.23. The standard InChI is InChI=1S/C22H19N3O4S/c1-2-29-20-10-8-18(9-11-20)25-30(27,28)21-12-6-17(7-13-21)22(26)24-19-5-3-4-16(14-19)15-23/h3-14,25H,2H2,1H3,(H,24,26). The molecule has 3 aromatic carbocycles. The largest absolute Gasteiger partial charge is 0.494 e. The van der Waals surface area contributed by atoms with Crippen LogP contribution in [0.1, 0.15) is 22.8 Å². The van der Waals surface area contributed by atoms with Gasteiger partial charge in [0, 0.05) is 16.9 Å². The van der Waals surface area contributed by atoms with Gasteiger partial charge in [0.1, 0.15) is 5.75 Å². The number of hydrogen-bond donors (Lipinski definition) is 2. The number of ether oxygens (including phenoxy) is 1. The fraction of sp³-hybridized carbons (Fsp3) is 0.0909. The van der Waals surface area contributed by atoms with Gasteiger partial charge in [0.05, 0.1) is 23.1 Å². The summed E-state index contributed by atoms with van der Waals surface area (Å²) in [5.74, 6) is 0.240. The van der Waals surface area contributed by atoms with Gasteiger partial charge in [0.15, 0.2) is 0 Å². The Hall–Kier alpha value is -3.83. The number of sulfonamides is 1. The average Bonchev–Trinajstić information content (AvgIpc) is 2.75. The molecular formula is C22H19N3O4S. The van der Waals surface area contributed by atoms with E-state index in [4.69, 9.17) is 10.00 Å². The number of carbonyl (C=O) groups excluding carboxylic acids is 1. The number of anilines is 2. The molecule has 0 aliphatic heterocycles. The van der Waals surface area contributed by atoms with Crippen LogP contribution in [-0.4, -0.2) is 20.9 Å². The van der Waals surface area contributed by atoms with E-state index in [1.807, 2.05) is 13.0 Å². The quantitative estimate of drug-likeness (QED) is 0.599. The second kappa shape index (κ2) is 9.11. The summed E-state index contributed by atoms with van der Waals surface area (Å²) in [6.07, 6.45) is 0. The molecule has 152 valence electrons. The van der Waals surface area contributed by atoms with Gasteiger partial charge in [-0.25, -0.2) is 8.42 Å². The molecule has 0 heterocycles. The van der Waals surface area contributed by atoms with Crippen molar-refractivity contribution in [2.24, 2.45) is 0 Å². The van der Waals surface area contributed by atoms with E-state index in [0.717, 1.165) is 0 Å². The third kappa shape index (κ3) is 5.16. The molecule has 0 radical (unpaired) electrons. The SMILES string of the molecule is CCOc1ccc(NS(=O)(=O)c2ccc(C(=O)Nc3cccc(C#N)c3)cc2)cc1. The summed E-state index contributed by atoms with van der Waals surface area (Å²) < 4.78 is 33.0. The van der Waals surface area contributed by atoms with Crippen molar-refractivity contribution in [3.05, 3.63) is 83.9 Å². The Morgan fingerprint density at radius 3 is 2.33 bits per heavy atom. The molecule has 0 fully saturated rings. The maximum Gasteiger partial charge on any atom is 0.261 e. The van der Waals surface area contributed by atoms with E-state index >= 15 is 0 Å². The molecule has 3 rings (SSSR count). The molecule has 30 heavy (non-hydrogen) atoms. The zero-order valence-corrected chi connectivity index (χ0v) is 16.9. The fourth-order valence-electron chi connectivity index (χ4n) is 2.66. The zero-order valence-electron chi connectivity index (χ0n) is 16.1. The third-order valence-electron chi connectivity index (χ3n) is 4.09. The number of nitrogens with one attached hydrogen (secondary N) is 2. The first kappa shape index (κ1) is 20.9. The fourth-order valence-corrected chi connectivity index (χ4v) is 3.71. The summed E-state index contributed by atoms with van der Waals surface area (Å²) in [6.45, 7) is 2.39. The number of rotatable bonds is 7. The number of nitrogens with zero attached hydrogens (tertiary/aromatic N) is 1. The molecule has 0 saturated carbocycles. The molecule has 8 heteroatoms. The van der Waals surface area contributed by atoms with E-state index < -0.39 is 15.9 Å². The highest BCUT2D eigenvalue weighted by Gasteiger charge is 2.15. The van der Waals surface area contributed by atoms with Gasteiger partial charge in [-0.05, 0) is 73.7 Å². The lowest BCUT2D eigenvalue weighted by molar-refractivity contribution is 0.102. The first-order valence-corrected chi connectivity index (χ1v) is 10.6. The van der Waals surface area contributed by atoms with E-state index in [2.05, 4.69) is 10.0 Å². The molecule has 0 saturated heterocycles. The summed E-state index contributed by atoms with van der Waals surface area (Å²) in [4.78, 5) is 12.4. The van der Waals surface area contributed by atoms with Gasteiger partial charge in [-0.1, -0.05) is 6.07 Å². The van der Waals surface area contributed by atoms with Gasteiger partial charge in [0.2, 0.25) is 0 Å². The predicted molar refractivity (Wildman–Crippen MR) is 114 cm³/mol. The van der Waals surface area contributed by atoms with Gasteiger partial charge in [-0.2, -0.15) is 5.26 Å². The lowest BCUT2D eigenvalue weighted by Crippen LogP contribution is -2.15. The van der Waals surface area contributed by atoms with Crippen LogP contribution in [-0.2, 0) is 10.0 Å². The van der Waals surface area contributed by atoms with Crippen LogP contribution in [0.3, 0.4) is 0 Å². The molecule has 0 aromatic heterocycles. The van der Waals surface area contributed by atoms with Crippen LogP contribution < -0.4 is 14.8 Å². The van der Waals surface area contributed by atoms with Crippen molar-refractivity contribution in [3.8, 4) is 11.8 Å². The highest BCUT2D eigenvalue weighted by atomic mass is 32.2. The van der Waals surface area contributed by atoms with Gasteiger partial charge in [-0.3, -0.25) is 9.52 Å². The Morgan fingerprint density at radius 2 is 1.70 bits per heavy atom. The molecule has 0 unspecified atom stereocenters. The third-order valence-corrected chi connectivity index (χ3v) is 5.49. The van der Waals surface area contributed by atoms with Gasteiger partial charge >= 0.3 is 0 Å². The molecule has 0 aliphatic carbocycles. The summed E-state index contributed by atoms with van der Waals surface area (Å²) >= 11 is 0. The molecule has 1 amide bonds. The predicted octanol–water partition coefficient (Wildman–Crippen LogP) is 4.01. The summed E-state index contributed by atoms with van der Waals surface area (Å²) in [6, 6.07) is 20.7. The average molecular weight is 421 g/mol. The maximum atomic E-state index is 12.6. The molecule has 3 aromatic rings. The monoisotopic (exact) mass is 421 g/mol. The Labute approximate surface area is 175 Å². The minimum absolute atomic E-state index is 0.0272. The molecule has 0 bridgehead atoms. The second-order valence-corrected chi connectivity index (χ2v) is 7.92. The van der Waals surface area contributed by atoms with Crippen molar-refractivity contribution in [2.75, 3.05) is 16.6 Å². The van der Waals surface area contributed by atoms with E-state index in [1.165, 1.54) is 24.3 Å². The summed E-state index contributed by atoms with van der Waals surface area (Å²) in [5, 5.41) is 11.6. The summed E-state index contributed by atoms with van der Waals surface area (Å²) in [7, 11) is -3.81. The van der Waals surface area contributed by atoms with Gasteiger partial charge < -0.3 is 10.1 Å². The van der Waals surface area contributed by atoms with Crippen molar-refractivity contribution >= 4 is 27.3 Å². The lowest BCUT2D eigenvalue weighted by Gasteiger charge is -2.10. The van der Waals surface area contributed by atoms with Gasteiger partial charge in [-0.15, -0.1) is 0 Å². The minimum Gasteiger partial charge on any atom is -0.494 e. The zero-order chi connectivity index (χ0) is 21.6. The minimum atomic E-state index is -3.81. The van der Waals surface area contributed by atoms with Gasteiger partial charge in [0.25, 0.3) is 15.9 Å². The molecule has 7 nitrogen and oxygen atoms in total. The Kier molecular flexibility index (Phi) is 6.35. The maximum absolute atomic E-state index is 12.6. The van der Waals surface area contributed by atoms with Crippen molar-refractivity contribution < 1.29 is 17.9 Å². The van der Waals surface area contributed by atoms with Crippen LogP contribution in [0.4, 0.5) is 11.4 Å². The molecule has 0 spiro atoms. The van der Waals surface area contributed by atoms with Crippen molar-refractivity contribution in [2.45, 2.75) is 11.8 Å². The van der Waals surface area contributed by atoms with Crippen LogP contribution in [0, 0.1) is 11.3 Å². The van der Waals surface area contributed by atoms with Crippen LogP contribution in [0.25, 0.3) is 0 Å². The number of amides is 1. The van der Waals surface area contributed by atoms with E-state index in [-0.39, 0.29) is 10.5 Å². The molecule has 2 N–H and O–H groups in total. The molecule has 0 aliphatic rings. The number of benzene rings is 3. The smallest absolute Gasteiger partial charge is 0.261 e. The molecule has 0 atom stereocenters. The van der Waals surface area contributed by atoms with Crippen molar-refractivity contribution in [1.29, 1.82) is 5.26 Å². The van der Waals surface area contributed by atoms with E-state index in [0.29, 0.717) is 29.3 Å². The van der Waals surface area contributed by atoms with Crippen LogP contribution in [0.5, 0.6) is 5.75 Å². The highest BCUT2D eigenvalue weighted by Crippen LogP contribution is 2.20. The van der Waals surface area contributed by atoms with Crippen molar-refractivity contribution in [1.82, 2.24) is 0 Å². The first-order valence-electron chi connectivity index (χ1n) is 9.08. The first-order chi connectivity index (χ1) is 14.4. The summed E-state index contributed by atoms with van der Waals surface area (Å²) in [5.41, 5.74) is 1.59. The normalized spacial score (nSPS) is 10.7. The van der Waals surface area contributed by atoms with Crippen LogP contribution in [0.15, 0.2) is 77.7 Å². The van der Waals surface area contributed by atoms with Crippen molar-refractivity contribution in [3.63, 3.8) is 0 Å². The highest BCUT2D eigenvalue weighted by molar-refractivity contribution is 7.92. The number of nitriles is 1. The van der Waals surface area contributed by atoms with Crippen LogP contribution >= 0.6 is 0 Å². The Morgan fingerprint density at radius 1 is 1.00 bits per heavy atom. The van der Waals surface area contributed by atoms with Crippen LogP contribution in [0.2, 0.25) is 0 Å². The topological polar surface area (TPSA) is 108 Å². The number of hydrogen-bond acceptors (Lipinski definition) is 5. The number of carbonyl (C=O) groups is 1. The van der Waals surface area contributed by atoms with E-state index in [1.54, 1.807) is 48.5 Å². The Balaban J connectivity index is 1.70. The lowest BCUT2D eigenvalue weighted by atomic mass is 10.2. The Bertz CT molecular complexity index is 1180. The van der Waals surface area contributed by atoms with E-state index in [9.17, 15) is 13.2 Å².